The fraction of sp³-hybridized carbons (Fsp3) is 0.278. The van der Waals surface area contributed by atoms with Crippen LogP contribution in [0.25, 0.3) is 0 Å². The fourth-order valence-corrected chi connectivity index (χ4v) is 3.93. The molecule has 0 bridgehead atoms. The van der Waals surface area contributed by atoms with Gasteiger partial charge in [-0.25, -0.2) is 0 Å². The van der Waals surface area contributed by atoms with Gasteiger partial charge in [-0.15, -0.1) is 3.89 Å². The average molecular weight is 347 g/mol. The molecule has 1 heterocycles. The van der Waals surface area contributed by atoms with E-state index in [1.54, 1.807) is 4.90 Å². The Labute approximate surface area is 141 Å². The summed E-state index contributed by atoms with van der Waals surface area (Å²) in [5.41, 5.74) is 2.88. The highest BCUT2D eigenvalue weighted by Crippen LogP contribution is 2.30. The average Bonchev–Trinajstić information content (AvgIpc) is 2.87. The Hall–Kier alpha value is -2.21. The van der Waals surface area contributed by atoms with Crippen LogP contribution in [0.4, 0.5) is 9.57 Å². The summed E-state index contributed by atoms with van der Waals surface area (Å²) in [5.74, 6) is -1.27. The molecule has 1 unspecified atom stereocenters. The van der Waals surface area contributed by atoms with Crippen LogP contribution in [0.1, 0.15) is 17.5 Å². The monoisotopic (exact) mass is 347 g/mol. The molecule has 24 heavy (non-hydrogen) atoms. The van der Waals surface area contributed by atoms with Crippen LogP contribution in [0.2, 0.25) is 0 Å². The van der Waals surface area contributed by atoms with Gasteiger partial charge in [-0.1, -0.05) is 48.5 Å². The van der Waals surface area contributed by atoms with Crippen molar-refractivity contribution >= 4 is 21.8 Å². The first-order valence-corrected chi connectivity index (χ1v) is 9.32. The van der Waals surface area contributed by atoms with Crippen molar-refractivity contribution in [3.63, 3.8) is 0 Å². The van der Waals surface area contributed by atoms with Crippen molar-refractivity contribution in [2.75, 3.05) is 17.2 Å². The Kier molecular flexibility index (Phi) is 4.66. The maximum atomic E-state index is 12.9. The number of anilines is 1. The zero-order valence-electron chi connectivity index (χ0n) is 13.1. The summed E-state index contributed by atoms with van der Waals surface area (Å²) >= 11 is 0. The van der Waals surface area contributed by atoms with E-state index in [0.717, 1.165) is 16.8 Å². The Morgan fingerprint density at radius 2 is 1.71 bits per heavy atom. The van der Waals surface area contributed by atoms with Gasteiger partial charge < -0.3 is 4.90 Å². The van der Waals surface area contributed by atoms with Crippen molar-refractivity contribution in [1.29, 1.82) is 0 Å². The lowest BCUT2D eigenvalue weighted by molar-refractivity contribution is -0.117. The molecule has 1 amide bonds. The van der Waals surface area contributed by atoms with Crippen LogP contribution in [0.5, 0.6) is 0 Å². The topological polar surface area (TPSA) is 54.5 Å². The molecule has 1 saturated heterocycles. The molecule has 126 valence electrons. The lowest BCUT2D eigenvalue weighted by atomic mass is 10.0. The van der Waals surface area contributed by atoms with E-state index in [1.165, 1.54) is 0 Å². The number of hydrogen-bond acceptors (Lipinski definition) is 3. The fourth-order valence-electron chi connectivity index (χ4n) is 3.15. The van der Waals surface area contributed by atoms with Gasteiger partial charge in [0.15, 0.2) is 0 Å². The molecule has 0 saturated carbocycles. The van der Waals surface area contributed by atoms with Crippen molar-refractivity contribution < 1.29 is 17.1 Å². The smallest absolute Gasteiger partial charge is 0.302 e. The van der Waals surface area contributed by atoms with Crippen LogP contribution in [-0.4, -0.2) is 26.6 Å². The molecule has 0 radical (unpaired) electrons. The van der Waals surface area contributed by atoms with Crippen LogP contribution in [0.15, 0.2) is 54.6 Å². The summed E-state index contributed by atoms with van der Waals surface area (Å²) in [6.07, 6.45) is 0.732. The number of rotatable bonds is 5. The van der Waals surface area contributed by atoms with E-state index >= 15 is 0 Å². The molecule has 2 aromatic carbocycles. The number of carbonyl (C=O) groups is 1. The zero-order valence-corrected chi connectivity index (χ0v) is 13.9. The molecule has 0 aromatic heterocycles. The third-order valence-electron chi connectivity index (χ3n) is 4.16. The largest absolute Gasteiger partial charge is 0.312 e. The van der Waals surface area contributed by atoms with E-state index in [2.05, 4.69) is 0 Å². The highest BCUT2D eigenvalue weighted by atomic mass is 32.3. The van der Waals surface area contributed by atoms with E-state index < -0.39 is 21.9 Å². The van der Waals surface area contributed by atoms with Crippen molar-refractivity contribution in [3.05, 3.63) is 65.7 Å². The number of hydrogen-bond donors (Lipinski definition) is 0. The van der Waals surface area contributed by atoms with Crippen LogP contribution in [0, 0.1) is 5.92 Å². The Bertz CT molecular complexity index is 836. The van der Waals surface area contributed by atoms with Gasteiger partial charge in [0.25, 0.3) is 0 Å². The minimum absolute atomic E-state index is 0.0584. The second kappa shape index (κ2) is 6.73. The number of nitrogens with zero attached hydrogens (tertiary/aromatic N) is 1. The molecule has 0 N–H and O–H groups in total. The quantitative estimate of drug-likeness (QED) is 0.782. The van der Waals surface area contributed by atoms with Gasteiger partial charge >= 0.3 is 10.2 Å². The molecular weight excluding hydrogens is 329 g/mol. The van der Waals surface area contributed by atoms with E-state index in [9.17, 15) is 17.1 Å². The van der Waals surface area contributed by atoms with Gasteiger partial charge in [0.2, 0.25) is 5.91 Å². The highest BCUT2D eigenvalue weighted by Gasteiger charge is 2.34. The molecule has 2 aromatic rings. The summed E-state index contributed by atoms with van der Waals surface area (Å²) in [7, 11) is -4.57. The maximum absolute atomic E-state index is 12.9. The van der Waals surface area contributed by atoms with Crippen LogP contribution in [-0.2, 0) is 21.4 Å². The van der Waals surface area contributed by atoms with Gasteiger partial charge in [0, 0.05) is 24.6 Å². The van der Waals surface area contributed by atoms with Gasteiger partial charge in [-0.3, -0.25) is 4.79 Å². The molecule has 4 nitrogen and oxygen atoms in total. The maximum Gasteiger partial charge on any atom is 0.302 e. The van der Waals surface area contributed by atoms with Gasteiger partial charge in [0.05, 0.1) is 5.75 Å². The van der Waals surface area contributed by atoms with Gasteiger partial charge in [-0.05, 0) is 23.6 Å². The molecular formula is C18H18FNO3S. The molecule has 0 aliphatic carbocycles. The van der Waals surface area contributed by atoms with Crippen molar-refractivity contribution in [1.82, 2.24) is 0 Å². The van der Waals surface area contributed by atoms with Crippen LogP contribution in [0.3, 0.4) is 0 Å². The van der Waals surface area contributed by atoms with E-state index in [1.807, 2.05) is 54.6 Å². The second-order valence-corrected chi connectivity index (χ2v) is 7.48. The minimum atomic E-state index is -4.57. The lowest BCUT2D eigenvalue weighted by Crippen LogP contribution is -2.26. The summed E-state index contributed by atoms with van der Waals surface area (Å²) < 4.78 is 34.6. The lowest BCUT2D eigenvalue weighted by Gasteiger charge is -2.20. The Morgan fingerprint density at radius 1 is 1.04 bits per heavy atom. The van der Waals surface area contributed by atoms with E-state index in [0.29, 0.717) is 6.42 Å². The van der Waals surface area contributed by atoms with Crippen molar-refractivity contribution in [2.24, 2.45) is 5.92 Å². The first kappa shape index (κ1) is 16.6. The minimum Gasteiger partial charge on any atom is -0.312 e. The number of carbonyl (C=O) groups excluding carboxylic acids is 1. The SMILES string of the molecule is O=C1CC(CS(=O)(=O)F)CN1c1ccccc1Cc1ccccc1. The molecule has 1 aliphatic heterocycles. The first-order valence-electron chi connectivity index (χ1n) is 7.77. The predicted octanol–water partition coefficient (Wildman–Crippen LogP) is 2.93. The first-order chi connectivity index (χ1) is 11.4. The molecule has 3 rings (SSSR count). The zero-order chi connectivity index (χ0) is 17.2. The summed E-state index contributed by atoms with van der Waals surface area (Å²) in [4.78, 5) is 13.9. The number of halogens is 1. The standard InChI is InChI=1S/C18H18FNO3S/c19-24(22,23)13-15-11-18(21)20(12-15)17-9-5-4-8-16(17)10-14-6-2-1-3-7-14/h1-9,15H,10-13H2. The van der Waals surface area contributed by atoms with E-state index in [-0.39, 0.29) is 18.9 Å². The van der Waals surface area contributed by atoms with Gasteiger partial charge in [0.1, 0.15) is 0 Å². The molecule has 6 heteroatoms. The highest BCUT2D eigenvalue weighted by molar-refractivity contribution is 7.86. The summed E-state index contributed by atoms with van der Waals surface area (Å²) in [6.45, 7) is 0.230. The number of amides is 1. The molecule has 1 atom stereocenters. The van der Waals surface area contributed by atoms with Crippen LogP contribution >= 0.6 is 0 Å². The number of benzene rings is 2. The molecule has 1 aliphatic rings. The number of para-hydroxylation sites is 1. The van der Waals surface area contributed by atoms with Crippen molar-refractivity contribution in [3.8, 4) is 0 Å². The third kappa shape index (κ3) is 4.00. The predicted molar refractivity (Wildman–Crippen MR) is 91.0 cm³/mol. The molecule has 1 fully saturated rings. The molecule has 0 spiro atoms. The van der Waals surface area contributed by atoms with Crippen LogP contribution < -0.4 is 4.90 Å². The van der Waals surface area contributed by atoms with Crippen molar-refractivity contribution in [2.45, 2.75) is 12.8 Å². The normalized spacial score (nSPS) is 18.1. The van der Waals surface area contributed by atoms with E-state index in [4.69, 9.17) is 0 Å². The Morgan fingerprint density at radius 3 is 2.42 bits per heavy atom. The third-order valence-corrected chi connectivity index (χ3v) is 5.03. The Balaban J connectivity index is 1.83. The summed E-state index contributed by atoms with van der Waals surface area (Å²) in [6, 6.07) is 17.4. The summed E-state index contributed by atoms with van der Waals surface area (Å²) in [5, 5.41) is 0. The van der Waals surface area contributed by atoms with Gasteiger partial charge in [-0.2, -0.15) is 8.42 Å². The second-order valence-electron chi connectivity index (χ2n) is 6.07.